The third-order valence-corrected chi connectivity index (χ3v) is 2.66. The zero-order valence-corrected chi connectivity index (χ0v) is 11.7. The van der Waals surface area contributed by atoms with E-state index in [4.69, 9.17) is 0 Å². The number of hydrogen-bond acceptors (Lipinski definition) is 2. The monoisotopic (exact) mass is 266 g/mol. The van der Waals surface area contributed by atoms with Crippen molar-refractivity contribution in [2.45, 2.75) is 27.2 Å². The van der Waals surface area contributed by atoms with Crippen LogP contribution in [0.2, 0.25) is 0 Å². The maximum atomic E-state index is 13.3. The van der Waals surface area contributed by atoms with Crippen LogP contribution in [0.4, 0.5) is 15.8 Å². The predicted molar refractivity (Wildman–Crippen MR) is 73.6 cm³/mol. The van der Waals surface area contributed by atoms with Gasteiger partial charge in [-0.25, -0.2) is 4.39 Å². The fourth-order valence-electron chi connectivity index (χ4n) is 1.64. The van der Waals surface area contributed by atoms with Crippen molar-refractivity contribution in [1.82, 2.24) is 0 Å². The van der Waals surface area contributed by atoms with Crippen LogP contribution in [0.3, 0.4) is 0 Å². The molecule has 0 spiro atoms. The number of halogens is 1. The van der Waals surface area contributed by atoms with Crippen molar-refractivity contribution < 1.29 is 14.0 Å². The largest absolute Gasteiger partial charge is 0.324 e. The average molecular weight is 266 g/mol. The summed E-state index contributed by atoms with van der Waals surface area (Å²) in [5.41, 5.74) is 0.786. The molecule has 2 amide bonds. The molecule has 0 aliphatic carbocycles. The molecule has 1 rings (SSSR count). The Morgan fingerprint density at radius 2 is 2.00 bits per heavy atom. The molecule has 0 aromatic heterocycles. The van der Waals surface area contributed by atoms with Crippen molar-refractivity contribution in [3.8, 4) is 0 Å². The molecule has 0 heterocycles. The van der Waals surface area contributed by atoms with Crippen LogP contribution in [0.25, 0.3) is 0 Å². The van der Waals surface area contributed by atoms with Gasteiger partial charge in [0.25, 0.3) is 0 Å². The van der Waals surface area contributed by atoms with Crippen LogP contribution in [0, 0.1) is 11.7 Å². The maximum absolute atomic E-state index is 13.3. The molecule has 0 atom stereocenters. The van der Waals surface area contributed by atoms with Crippen LogP contribution in [0.1, 0.15) is 27.2 Å². The summed E-state index contributed by atoms with van der Waals surface area (Å²) in [5, 5.41) is 2.65. The van der Waals surface area contributed by atoms with Crippen LogP contribution in [-0.4, -0.2) is 18.9 Å². The van der Waals surface area contributed by atoms with Gasteiger partial charge in [-0.15, -0.1) is 0 Å². The van der Waals surface area contributed by atoms with E-state index in [2.05, 4.69) is 5.32 Å². The second-order valence-electron chi connectivity index (χ2n) is 4.89. The van der Waals surface area contributed by atoms with Gasteiger partial charge in [-0.05, 0) is 24.1 Å². The summed E-state index contributed by atoms with van der Waals surface area (Å²) < 4.78 is 13.3. The molecule has 5 heteroatoms. The molecule has 1 aromatic rings. The SMILES string of the molecule is CC(=O)N(C)c1ccc(F)cc1NC(=O)CC(C)C. The van der Waals surface area contributed by atoms with Crippen LogP contribution in [0.5, 0.6) is 0 Å². The molecule has 104 valence electrons. The van der Waals surface area contributed by atoms with Gasteiger partial charge in [0.05, 0.1) is 11.4 Å². The van der Waals surface area contributed by atoms with Crippen molar-refractivity contribution in [2.75, 3.05) is 17.3 Å². The summed E-state index contributed by atoms with van der Waals surface area (Å²) in [4.78, 5) is 24.5. The van der Waals surface area contributed by atoms with Crippen LogP contribution in [0.15, 0.2) is 18.2 Å². The van der Waals surface area contributed by atoms with E-state index in [0.29, 0.717) is 17.8 Å². The van der Waals surface area contributed by atoms with Crippen molar-refractivity contribution in [1.29, 1.82) is 0 Å². The lowest BCUT2D eigenvalue weighted by atomic mass is 10.1. The topological polar surface area (TPSA) is 49.4 Å². The van der Waals surface area contributed by atoms with Crippen LogP contribution < -0.4 is 10.2 Å². The molecule has 1 N–H and O–H groups in total. The Balaban J connectivity index is 3.01. The molecule has 0 aliphatic rings. The Hall–Kier alpha value is -1.91. The van der Waals surface area contributed by atoms with Gasteiger partial charge in [0.2, 0.25) is 11.8 Å². The molecule has 0 aliphatic heterocycles. The summed E-state index contributed by atoms with van der Waals surface area (Å²) >= 11 is 0. The smallest absolute Gasteiger partial charge is 0.224 e. The Morgan fingerprint density at radius 1 is 1.37 bits per heavy atom. The highest BCUT2D eigenvalue weighted by atomic mass is 19.1. The predicted octanol–water partition coefficient (Wildman–Crippen LogP) is 2.79. The Labute approximate surface area is 112 Å². The van der Waals surface area contributed by atoms with E-state index in [1.54, 1.807) is 7.05 Å². The van der Waals surface area contributed by atoms with E-state index < -0.39 is 5.82 Å². The first-order valence-electron chi connectivity index (χ1n) is 6.15. The van der Waals surface area contributed by atoms with Gasteiger partial charge in [-0.1, -0.05) is 13.8 Å². The van der Waals surface area contributed by atoms with Crippen molar-refractivity contribution in [3.05, 3.63) is 24.0 Å². The summed E-state index contributed by atoms with van der Waals surface area (Å²) in [7, 11) is 1.58. The highest BCUT2D eigenvalue weighted by molar-refractivity contribution is 5.99. The Morgan fingerprint density at radius 3 is 2.53 bits per heavy atom. The van der Waals surface area contributed by atoms with Crippen molar-refractivity contribution in [2.24, 2.45) is 5.92 Å². The zero-order valence-electron chi connectivity index (χ0n) is 11.7. The first-order valence-corrected chi connectivity index (χ1v) is 6.15. The van der Waals surface area contributed by atoms with Gasteiger partial charge < -0.3 is 10.2 Å². The highest BCUT2D eigenvalue weighted by Crippen LogP contribution is 2.26. The molecule has 0 bridgehead atoms. The number of nitrogens with one attached hydrogen (secondary N) is 1. The van der Waals surface area contributed by atoms with E-state index in [0.717, 1.165) is 0 Å². The third-order valence-electron chi connectivity index (χ3n) is 2.66. The number of carbonyl (C=O) groups is 2. The first kappa shape index (κ1) is 15.1. The number of rotatable bonds is 4. The van der Waals surface area contributed by atoms with Crippen LogP contribution in [-0.2, 0) is 9.59 Å². The molecule has 0 unspecified atom stereocenters. The van der Waals surface area contributed by atoms with E-state index in [9.17, 15) is 14.0 Å². The lowest BCUT2D eigenvalue weighted by molar-refractivity contribution is -0.117. The normalized spacial score (nSPS) is 10.4. The van der Waals surface area contributed by atoms with E-state index in [1.165, 1.54) is 30.0 Å². The molecule has 4 nitrogen and oxygen atoms in total. The van der Waals surface area contributed by atoms with Gasteiger partial charge in [-0.3, -0.25) is 9.59 Å². The summed E-state index contributed by atoms with van der Waals surface area (Å²) in [6.45, 7) is 5.25. The number of hydrogen-bond donors (Lipinski definition) is 1. The minimum Gasteiger partial charge on any atom is -0.324 e. The fourth-order valence-corrected chi connectivity index (χ4v) is 1.64. The molecule has 0 radical (unpaired) electrons. The number of benzene rings is 1. The molecular formula is C14H19FN2O2. The lowest BCUT2D eigenvalue weighted by Gasteiger charge is -2.19. The van der Waals surface area contributed by atoms with Gasteiger partial charge in [-0.2, -0.15) is 0 Å². The van der Waals surface area contributed by atoms with Gasteiger partial charge in [0.15, 0.2) is 0 Å². The van der Waals surface area contributed by atoms with E-state index >= 15 is 0 Å². The molecule has 0 saturated heterocycles. The minimum absolute atomic E-state index is 0.189. The average Bonchev–Trinajstić information content (AvgIpc) is 2.26. The van der Waals surface area contributed by atoms with Gasteiger partial charge in [0, 0.05) is 20.4 Å². The van der Waals surface area contributed by atoms with Crippen molar-refractivity contribution >= 4 is 23.2 Å². The molecule has 1 aromatic carbocycles. The molecule has 0 saturated carbocycles. The number of carbonyl (C=O) groups excluding carboxylic acids is 2. The Bertz CT molecular complexity index is 486. The highest BCUT2D eigenvalue weighted by Gasteiger charge is 2.14. The second-order valence-corrected chi connectivity index (χ2v) is 4.89. The quantitative estimate of drug-likeness (QED) is 0.911. The zero-order chi connectivity index (χ0) is 14.6. The standard InChI is InChI=1S/C14H19FN2O2/c1-9(2)7-14(19)16-12-8-11(15)5-6-13(12)17(4)10(3)18/h5-6,8-9H,7H2,1-4H3,(H,16,19). The third kappa shape index (κ3) is 4.35. The lowest BCUT2D eigenvalue weighted by Crippen LogP contribution is -2.25. The fraction of sp³-hybridized carbons (Fsp3) is 0.429. The summed E-state index contributed by atoms with van der Waals surface area (Å²) in [6.07, 6.45) is 0.347. The van der Waals surface area contributed by atoms with E-state index in [1.807, 2.05) is 13.8 Å². The minimum atomic E-state index is -0.458. The number of nitrogens with zero attached hydrogens (tertiary/aromatic N) is 1. The number of anilines is 2. The molecule has 0 fully saturated rings. The van der Waals surface area contributed by atoms with Crippen molar-refractivity contribution in [3.63, 3.8) is 0 Å². The van der Waals surface area contributed by atoms with Gasteiger partial charge >= 0.3 is 0 Å². The number of amides is 2. The summed E-state index contributed by atoms with van der Waals surface area (Å²) in [6, 6.07) is 3.95. The maximum Gasteiger partial charge on any atom is 0.224 e. The summed E-state index contributed by atoms with van der Waals surface area (Å²) in [5.74, 6) is -0.632. The van der Waals surface area contributed by atoms with Gasteiger partial charge in [0.1, 0.15) is 5.82 Å². The van der Waals surface area contributed by atoms with Crippen LogP contribution >= 0.6 is 0 Å². The van der Waals surface area contributed by atoms with E-state index in [-0.39, 0.29) is 17.7 Å². The molecular weight excluding hydrogens is 247 g/mol. The first-order chi connectivity index (χ1) is 8.81. The molecule has 19 heavy (non-hydrogen) atoms. The Kier molecular flexibility index (Phi) is 5.03. The second kappa shape index (κ2) is 6.31.